The summed E-state index contributed by atoms with van der Waals surface area (Å²) in [7, 11) is 0. The van der Waals surface area contributed by atoms with Crippen molar-refractivity contribution in [3.8, 4) is 33.4 Å². The number of anilines is 3. The van der Waals surface area contributed by atoms with Crippen LogP contribution in [0, 0.1) is 0 Å². The van der Waals surface area contributed by atoms with Crippen molar-refractivity contribution in [1.29, 1.82) is 0 Å². The summed E-state index contributed by atoms with van der Waals surface area (Å²) in [6, 6.07) is 83.2. The minimum atomic E-state index is -0.648. The van der Waals surface area contributed by atoms with Crippen LogP contribution >= 0.6 is 0 Å². The van der Waals surface area contributed by atoms with Gasteiger partial charge in [-0.3, -0.25) is 0 Å². The third kappa shape index (κ3) is 4.67. The van der Waals surface area contributed by atoms with E-state index in [1.165, 1.54) is 88.0 Å². The molecule has 2 aliphatic rings. The molecule has 12 aromatic rings. The number of benzene rings is 11. The van der Waals surface area contributed by atoms with E-state index in [4.69, 9.17) is 4.42 Å². The second kappa shape index (κ2) is 12.9. The second-order valence-corrected chi connectivity index (χ2v) is 17.1. The SMILES string of the molecule is c1ccc(-c2ccc3c4c(cccc24)C2(c4cc(N(c5ccc6c(c5)oc5ccccc56)c5cccc6ccccc56)ccc4-c4cccc5cccc2c45)c2ccccc2-3)cc1. The summed E-state index contributed by atoms with van der Waals surface area (Å²) >= 11 is 0. The third-order valence-electron chi connectivity index (χ3n) is 14.0. The molecule has 2 aliphatic carbocycles. The van der Waals surface area contributed by atoms with Gasteiger partial charge in [-0.2, -0.15) is 0 Å². The van der Waals surface area contributed by atoms with E-state index in [1.807, 2.05) is 6.07 Å². The van der Waals surface area contributed by atoms with Crippen LogP contribution in [-0.2, 0) is 5.41 Å². The predicted octanol–water partition coefficient (Wildman–Crippen LogP) is 16.5. The molecule has 2 heteroatoms. The van der Waals surface area contributed by atoms with Gasteiger partial charge < -0.3 is 9.32 Å². The van der Waals surface area contributed by atoms with Gasteiger partial charge in [0.25, 0.3) is 0 Å². The van der Waals surface area contributed by atoms with Crippen LogP contribution in [-0.4, -0.2) is 0 Å². The Morgan fingerprint density at radius 3 is 1.81 bits per heavy atom. The Kier molecular flexibility index (Phi) is 7.07. The van der Waals surface area contributed by atoms with E-state index in [9.17, 15) is 0 Å². The van der Waals surface area contributed by atoms with Crippen molar-refractivity contribution in [2.24, 2.45) is 0 Å². The minimum absolute atomic E-state index is 0.648. The molecule has 1 aromatic heterocycles. The van der Waals surface area contributed by atoms with Crippen LogP contribution in [0.3, 0.4) is 0 Å². The zero-order valence-corrected chi connectivity index (χ0v) is 34.2. The van der Waals surface area contributed by atoms with Gasteiger partial charge in [0.05, 0.1) is 11.1 Å². The van der Waals surface area contributed by atoms with Crippen LogP contribution in [0.1, 0.15) is 22.3 Å². The maximum Gasteiger partial charge on any atom is 0.137 e. The fourth-order valence-electron chi connectivity index (χ4n) is 11.5. The highest BCUT2D eigenvalue weighted by molar-refractivity contribution is 6.14. The molecule has 1 atom stereocenters. The summed E-state index contributed by atoms with van der Waals surface area (Å²) in [5, 5.41) is 9.76. The highest BCUT2D eigenvalue weighted by Crippen LogP contribution is 2.62. The molecule has 0 N–H and O–H groups in total. The van der Waals surface area contributed by atoms with Crippen LogP contribution < -0.4 is 4.90 Å². The van der Waals surface area contributed by atoms with Crippen molar-refractivity contribution in [2.75, 3.05) is 4.90 Å². The van der Waals surface area contributed by atoms with Crippen LogP contribution in [0.2, 0.25) is 0 Å². The van der Waals surface area contributed by atoms with E-state index in [0.29, 0.717) is 0 Å². The van der Waals surface area contributed by atoms with E-state index in [0.717, 1.165) is 39.0 Å². The molecule has 0 saturated heterocycles. The maximum atomic E-state index is 6.57. The number of rotatable bonds is 4. The molecule has 0 aliphatic heterocycles. The lowest BCUT2D eigenvalue weighted by Crippen LogP contribution is -2.36. The van der Waals surface area contributed by atoms with Gasteiger partial charge in [-0.25, -0.2) is 0 Å². The summed E-state index contributed by atoms with van der Waals surface area (Å²) < 4.78 is 6.57. The average molecular weight is 800 g/mol. The first-order valence-corrected chi connectivity index (χ1v) is 21.8. The Labute approximate surface area is 364 Å². The summed E-state index contributed by atoms with van der Waals surface area (Å²) in [6.07, 6.45) is 0. The van der Waals surface area contributed by atoms with Gasteiger partial charge in [0.15, 0.2) is 0 Å². The molecule has 0 bridgehead atoms. The van der Waals surface area contributed by atoms with Gasteiger partial charge in [0.2, 0.25) is 0 Å². The zero-order chi connectivity index (χ0) is 41.2. The summed E-state index contributed by atoms with van der Waals surface area (Å²) in [6.45, 7) is 0. The standard InChI is InChI=1S/C61H37NO/c1-2-14-38(15-3-1)43-34-35-51-45-21-6-8-25-52(45)61(54-27-13-24-49(43)60(51)54)53-26-11-19-40-18-10-23-50(59(40)53)46-32-30-41(36-55(46)61)62(56-28-12-17-39-16-4-5-20-44(39)56)42-31-33-48-47-22-7-9-29-57(47)63-58(48)37-42/h1-37H. The number of nitrogens with zero attached hydrogens (tertiary/aromatic N) is 1. The number of para-hydroxylation sites is 1. The molecule has 11 aromatic carbocycles. The van der Waals surface area contributed by atoms with Gasteiger partial charge in [-0.05, 0) is 119 Å². The molecule has 1 spiro atoms. The predicted molar refractivity (Wildman–Crippen MR) is 263 cm³/mol. The Morgan fingerprint density at radius 1 is 0.317 bits per heavy atom. The first-order valence-electron chi connectivity index (χ1n) is 21.8. The first kappa shape index (κ1) is 34.5. The van der Waals surface area contributed by atoms with E-state index in [2.05, 4.69) is 223 Å². The number of hydrogen-bond acceptors (Lipinski definition) is 2. The Bertz CT molecular complexity index is 3870. The monoisotopic (exact) mass is 799 g/mol. The van der Waals surface area contributed by atoms with Crippen LogP contribution in [0.25, 0.3) is 87.6 Å². The lowest BCUT2D eigenvalue weighted by atomic mass is 9.55. The topological polar surface area (TPSA) is 16.4 Å². The van der Waals surface area contributed by atoms with Crippen molar-refractivity contribution in [3.63, 3.8) is 0 Å². The third-order valence-corrected chi connectivity index (χ3v) is 14.0. The molecule has 0 amide bonds. The number of hydrogen-bond donors (Lipinski definition) is 0. The van der Waals surface area contributed by atoms with E-state index in [-0.39, 0.29) is 0 Å². The Balaban J connectivity index is 1.12. The lowest BCUT2D eigenvalue weighted by molar-refractivity contribution is 0.669. The van der Waals surface area contributed by atoms with Crippen molar-refractivity contribution in [3.05, 3.63) is 247 Å². The summed E-state index contributed by atoms with van der Waals surface area (Å²) in [5.74, 6) is 0. The highest BCUT2D eigenvalue weighted by Gasteiger charge is 2.49. The fraction of sp³-hybridized carbons (Fsp3) is 0.0164. The van der Waals surface area contributed by atoms with Gasteiger partial charge >= 0.3 is 0 Å². The second-order valence-electron chi connectivity index (χ2n) is 17.1. The van der Waals surface area contributed by atoms with Crippen molar-refractivity contribution < 1.29 is 4.42 Å². The molecule has 1 unspecified atom stereocenters. The summed E-state index contributed by atoms with van der Waals surface area (Å²) in [4.78, 5) is 2.45. The molecule has 63 heavy (non-hydrogen) atoms. The lowest BCUT2D eigenvalue weighted by Gasteiger charge is -2.46. The quantitative estimate of drug-likeness (QED) is 0.176. The smallest absolute Gasteiger partial charge is 0.137 e. The molecule has 2 nitrogen and oxygen atoms in total. The molecule has 14 rings (SSSR count). The normalized spacial score (nSPS) is 14.7. The average Bonchev–Trinajstić information content (AvgIpc) is 3.72. The largest absolute Gasteiger partial charge is 0.456 e. The van der Waals surface area contributed by atoms with Gasteiger partial charge in [0.1, 0.15) is 11.2 Å². The molecular formula is C61H37NO. The molecule has 0 saturated carbocycles. The van der Waals surface area contributed by atoms with E-state index < -0.39 is 5.41 Å². The van der Waals surface area contributed by atoms with Crippen molar-refractivity contribution in [2.45, 2.75) is 5.41 Å². The van der Waals surface area contributed by atoms with Gasteiger partial charge in [-0.1, -0.05) is 182 Å². The Hall–Kier alpha value is -8.20. The number of furan rings is 1. The first-order chi connectivity index (χ1) is 31.3. The van der Waals surface area contributed by atoms with Crippen LogP contribution in [0.5, 0.6) is 0 Å². The molecule has 0 radical (unpaired) electrons. The zero-order valence-electron chi connectivity index (χ0n) is 34.2. The maximum absolute atomic E-state index is 6.57. The van der Waals surface area contributed by atoms with Crippen LogP contribution in [0.4, 0.5) is 17.1 Å². The summed E-state index contributed by atoms with van der Waals surface area (Å²) in [5.41, 5.74) is 17.1. The van der Waals surface area contributed by atoms with E-state index in [1.54, 1.807) is 0 Å². The fourth-order valence-corrected chi connectivity index (χ4v) is 11.5. The Morgan fingerprint density at radius 2 is 0.889 bits per heavy atom. The minimum Gasteiger partial charge on any atom is -0.456 e. The van der Waals surface area contributed by atoms with E-state index >= 15 is 0 Å². The van der Waals surface area contributed by atoms with Crippen molar-refractivity contribution >= 4 is 71.3 Å². The molecule has 1 heterocycles. The number of fused-ring (bicyclic) bond motifs is 12. The molecular weight excluding hydrogens is 763 g/mol. The van der Waals surface area contributed by atoms with Gasteiger partial charge in [-0.15, -0.1) is 0 Å². The van der Waals surface area contributed by atoms with Crippen LogP contribution in [0.15, 0.2) is 229 Å². The molecule has 0 fully saturated rings. The van der Waals surface area contributed by atoms with Crippen molar-refractivity contribution in [1.82, 2.24) is 0 Å². The highest BCUT2D eigenvalue weighted by atomic mass is 16.3. The molecule has 292 valence electrons. The van der Waals surface area contributed by atoms with Gasteiger partial charge in [0, 0.05) is 33.6 Å².